The van der Waals surface area contributed by atoms with Gasteiger partial charge in [-0.2, -0.15) is 13.2 Å². The van der Waals surface area contributed by atoms with Crippen LogP contribution in [0.2, 0.25) is 5.02 Å². The number of aliphatic carboxylic acids is 1. The fourth-order valence-electron chi connectivity index (χ4n) is 5.17. The van der Waals surface area contributed by atoms with Crippen LogP contribution in [0.5, 0.6) is 0 Å². The van der Waals surface area contributed by atoms with Gasteiger partial charge in [0.15, 0.2) is 11.6 Å². The Morgan fingerprint density at radius 1 is 0.860 bits per heavy atom. The predicted molar refractivity (Wildman–Crippen MR) is 154 cm³/mol. The van der Waals surface area contributed by atoms with Gasteiger partial charge in [-0.1, -0.05) is 66.2 Å². The number of alkyl halides is 3. The summed E-state index contributed by atoms with van der Waals surface area (Å²) >= 11 is 6.20. The van der Waals surface area contributed by atoms with Crippen LogP contribution in [-0.2, 0) is 16.0 Å². The van der Waals surface area contributed by atoms with Crippen LogP contribution in [-0.4, -0.2) is 52.9 Å². The lowest BCUT2D eigenvalue weighted by atomic mass is 9.83. The molecule has 0 saturated heterocycles. The second kappa shape index (κ2) is 13.4. The third-order valence-corrected chi connectivity index (χ3v) is 7.73. The van der Waals surface area contributed by atoms with Gasteiger partial charge in [0.1, 0.15) is 0 Å². The van der Waals surface area contributed by atoms with Crippen LogP contribution < -0.4 is 16.4 Å². The maximum atomic E-state index is 13.2. The van der Waals surface area contributed by atoms with Crippen molar-refractivity contribution in [2.24, 2.45) is 5.73 Å². The molecule has 0 spiro atoms. The summed E-state index contributed by atoms with van der Waals surface area (Å²) in [5.74, 6) is -3.18. The Hall–Kier alpha value is -4.22. The lowest BCUT2D eigenvalue weighted by Gasteiger charge is -2.32. The molecule has 0 heterocycles. The van der Waals surface area contributed by atoms with E-state index in [0.29, 0.717) is 39.4 Å². The number of amides is 1. The van der Waals surface area contributed by atoms with Crippen LogP contribution in [0.25, 0.3) is 0 Å². The van der Waals surface area contributed by atoms with Gasteiger partial charge in [0.2, 0.25) is 5.91 Å². The molecule has 1 saturated carbocycles. The van der Waals surface area contributed by atoms with Crippen molar-refractivity contribution < 1.29 is 37.5 Å². The van der Waals surface area contributed by atoms with Crippen LogP contribution in [0.3, 0.4) is 0 Å². The van der Waals surface area contributed by atoms with Crippen molar-refractivity contribution in [1.29, 1.82) is 0 Å². The smallest absolute Gasteiger partial charge is 0.475 e. The van der Waals surface area contributed by atoms with Gasteiger partial charge in [-0.25, -0.2) is 4.79 Å². The molecule has 5 N–H and O–H groups in total. The average molecular weight is 616 g/mol. The van der Waals surface area contributed by atoms with Crippen molar-refractivity contribution in [2.45, 2.75) is 56.4 Å². The quantitative estimate of drug-likeness (QED) is 0.235. The summed E-state index contributed by atoms with van der Waals surface area (Å²) in [5, 5.41) is 14.3. The van der Waals surface area contributed by atoms with Crippen LogP contribution >= 0.6 is 11.6 Å². The number of hydrogen-bond acceptors (Lipinski definition) is 6. The molecular formula is C31H29ClF3N3O5. The van der Waals surface area contributed by atoms with Gasteiger partial charge in [-0.15, -0.1) is 0 Å². The molecule has 1 atom stereocenters. The van der Waals surface area contributed by atoms with E-state index in [1.54, 1.807) is 36.4 Å². The number of fused-ring (bicyclic) bond motifs is 2. The topological polar surface area (TPSA) is 139 Å². The molecular weight excluding hydrogens is 587 g/mol. The molecule has 2 aliphatic carbocycles. The molecule has 1 amide bonds. The number of carboxylic acids is 1. The fourth-order valence-corrected chi connectivity index (χ4v) is 5.38. The van der Waals surface area contributed by atoms with E-state index in [2.05, 4.69) is 10.6 Å². The van der Waals surface area contributed by atoms with E-state index in [0.717, 1.165) is 31.2 Å². The summed E-state index contributed by atoms with van der Waals surface area (Å²) in [6.07, 6.45) is -1.45. The first-order valence-electron chi connectivity index (χ1n) is 13.5. The summed E-state index contributed by atoms with van der Waals surface area (Å²) in [6, 6.07) is 19.3. The molecule has 12 heteroatoms. The largest absolute Gasteiger partial charge is 0.490 e. The van der Waals surface area contributed by atoms with Crippen molar-refractivity contribution >= 4 is 40.7 Å². The second-order valence-corrected chi connectivity index (χ2v) is 10.7. The number of benzene rings is 3. The van der Waals surface area contributed by atoms with E-state index in [1.165, 1.54) is 0 Å². The molecule has 3 aromatic carbocycles. The van der Waals surface area contributed by atoms with Crippen LogP contribution in [0.1, 0.15) is 63.1 Å². The summed E-state index contributed by atoms with van der Waals surface area (Å²) in [6.45, 7) is 0. The number of carbonyl (C=O) groups excluding carboxylic acids is 3. The summed E-state index contributed by atoms with van der Waals surface area (Å²) in [4.78, 5) is 47.8. The first-order chi connectivity index (χ1) is 20.4. The predicted octanol–water partition coefficient (Wildman–Crippen LogP) is 5.16. The molecule has 0 unspecified atom stereocenters. The zero-order valence-corrected chi connectivity index (χ0v) is 23.5. The van der Waals surface area contributed by atoms with Gasteiger partial charge in [0.05, 0.1) is 11.6 Å². The highest BCUT2D eigenvalue weighted by Crippen LogP contribution is 2.33. The monoisotopic (exact) mass is 615 g/mol. The van der Waals surface area contributed by atoms with Gasteiger partial charge >= 0.3 is 12.1 Å². The van der Waals surface area contributed by atoms with Gasteiger partial charge in [-0.3, -0.25) is 14.4 Å². The maximum absolute atomic E-state index is 13.2. The van der Waals surface area contributed by atoms with E-state index < -0.39 is 18.2 Å². The number of nitrogens with one attached hydrogen (secondary N) is 2. The number of nitrogens with two attached hydrogens (primary N) is 1. The molecule has 2 aliphatic rings. The zero-order valence-electron chi connectivity index (χ0n) is 22.8. The highest BCUT2D eigenvalue weighted by atomic mass is 35.5. The lowest BCUT2D eigenvalue weighted by molar-refractivity contribution is -0.192. The Morgan fingerprint density at radius 3 is 2.00 bits per heavy atom. The molecule has 3 aromatic rings. The van der Waals surface area contributed by atoms with E-state index in [1.807, 2.05) is 30.3 Å². The number of halogens is 4. The molecule has 0 aliphatic heterocycles. The van der Waals surface area contributed by atoms with E-state index in [-0.39, 0.29) is 29.6 Å². The molecule has 43 heavy (non-hydrogen) atoms. The van der Waals surface area contributed by atoms with Gasteiger partial charge in [-0.05, 0) is 49.8 Å². The van der Waals surface area contributed by atoms with Crippen LogP contribution in [0.4, 0.5) is 18.9 Å². The molecule has 8 nitrogen and oxygen atoms in total. The maximum Gasteiger partial charge on any atom is 0.490 e. The molecule has 226 valence electrons. The third kappa shape index (κ3) is 7.60. The molecule has 0 bridgehead atoms. The molecule has 5 rings (SSSR count). The van der Waals surface area contributed by atoms with Crippen molar-refractivity contribution in [3.63, 3.8) is 0 Å². The zero-order chi connectivity index (χ0) is 31.3. The Bertz CT molecular complexity index is 1540. The minimum Gasteiger partial charge on any atom is -0.475 e. The highest BCUT2D eigenvalue weighted by Gasteiger charge is 2.38. The van der Waals surface area contributed by atoms with Gasteiger partial charge < -0.3 is 21.5 Å². The van der Waals surface area contributed by atoms with Crippen molar-refractivity contribution in [1.82, 2.24) is 5.32 Å². The Balaban J connectivity index is 0.000000541. The third-order valence-electron chi connectivity index (χ3n) is 7.36. The van der Waals surface area contributed by atoms with Crippen LogP contribution in [0, 0.1) is 0 Å². The van der Waals surface area contributed by atoms with E-state index in [9.17, 15) is 27.6 Å². The Morgan fingerprint density at radius 2 is 1.40 bits per heavy atom. The summed E-state index contributed by atoms with van der Waals surface area (Å²) < 4.78 is 31.7. The average Bonchev–Trinajstić information content (AvgIpc) is 2.98. The molecule has 0 aromatic heterocycles. The Labute approximate surface area is 250 Å². The number of anilines is 1. The first-order valence-corrected chi connectivity index (χ1v) is 13.9. The number of carboxylic acid groups (broad SMARTS) is 1. The van der Waals surface area contributed by atoms with Crippen molar-refractivity contribution in [3.05, 3.63) is 99.6 Å². The number of ketones is 2. The highest BCUT2D eigenvalue weighted by molar-refractivity contribution is 6.31. The minimum absolute atomic E-state index is 0.0487. The van der Waals surface area contributed by atoms with Crippen molar-refractivity contribution in [3.8, 4) is 0 Å². The van der Waals surface area contributed by atoms with E-state index >= 15 is 0 Å². The van der Waals surface area contributed by atoms with Gasteiger partial charge in [0.25, 0.3) is 0 Å². The standard InChI is InChI=1S/C29H28ClN3O3.C2HF3O2/c30-23-10-4-1-6-17(23)16-24(31)29(36)33-19-14-12-18(13-15-19)32-25-11-5-9-22-26(25)28(35)21-8-3-2-7-20(21)27(22)34;3-2(4,5)1(6)7/h1-11,18-19,24,32H,12-16,31H2,(H,33,36);(H,6,7)/t18?,19?,24-;/m1./s1. The lowest BCUT2D eigenvalue weighted by Crippen LogP contribution is -2.48. The molecule has 0 radical (unpaired) electrons. The fraction of sp³-hybridized carbons (Fsp3) is 0.290. The SMILES string of the molecule is N[C@H](Cc1ccccc1Cl)C(=O)NC1CCC(Nc2cccc3c2C(=O)c2ccccc2C3=O)CC1.O=C(O)C(F)(F)F. The summed E-state index contributed by atoms with van der Waals surface area (Å²) in [7, 11) is 0. The first kappa shape index (κ1) is 31.7. The van der Waals surface area contributed by atoms with Gasteiger partial charge in [0, 0.05) is 39.5 Å². The summed E-state index contributed by atoms with van der Waals surface area (Å²) in [5.41, 5.74) is 9.48. The van der Waals surface area contributed by atoms with E-state index in [4.69, 9.17) is 27.2 Å². The normalized spacial score (nSPS) is 18.3. The van der Waals surface area contributed by atoms with Crippen molar-refractivity contribution in [2.75, 3.05) is 5.32 Å². The van der Waals surface area contributed by atoms with Crippen LogP contribution in [0.15, 0.2) is 66.7 Å². The minimum atomic E-state index is -5.08. The number of hydrogen-bond donors (Lipinski definition) is 4. The second-order valence-electron chi connectivity index (χ2n) is 10.3. The Kier molecular flexibility index (Phi) is 9.87. The number of rotatable bonds is 6. The molecule has 1 fully saturated rings. The number of carbonyl (C=O) groups is 4.